The standard InChI is InChI=1S/C23H26N6O3/c1-5-17-11-20(30)26-23(24-17)29-19(9-15(4)27-29)25-22(32)16-10-21(31)28(12-16)18-7-6-13(2)14(3)8-18/h6-9,11,16H,5,10,12H2,1-4H3,(H,25,32)(H,24,26,30)/t16-/m1/s1. The maximum Gasteiger partial charge on any atom is 0.252 e. The Balaban J connectivity index is 1.55. The van der Waals surface area contributed by atoms with Crippen LogP contribution >= 0.6 is 0 Å². The zero-order valence-electron chi connectivity index (χ0n) is 18.6. The lowest BCUT2D eigenvalue weighted by atomic mass is 10.1. The number of hydrogen-bond donors (Lipinski definition) is 2. The van der Waals surface area contributed by atoms with Gasteiger partial charge < -0.3 is 10.2 Å². The second-order valence-electron chi connectivity index (χ2n) is 8.16. The van der Waals surface area contributed by atoms with E-state index >= 15 is 0 Å². The quantitative estimate of drug-likeness (QED) is 0.640. The number of nitrogens with zero attached hydrogens (tertiary/aromatic N) is 4. The minimum Gasteiger partial charge on any atom is -0.312 e. The van der Waals surface area contributed by atoms with Gasteiger partial charge in [0.1, 0.15) is 5.82 Å². The van der Waals surface area contributed by atoms with Crippen LogP contribution in [0.25, 0.3) is 5.95 Å². The van der Waals surface area contributed by atoms with Crippen LogP contribution in [0.1, 0.15) is 35.9 Å². The van der Waals surface area contributed by atoms with Gasteiger partial charge in [-0.15, -0.1) is 0 Å². The number of anilines is 2. The molecule has 9 heteroatoms. The van der Waals surface area contributed by atoms with Crippen LogP contribution in [-0.4, -0.2) is 38.1 Å². The zero-order chi connectivity index (χ0) is 23.0. The first-order valence-corrected chi connectivity index (χ1v) is 10.6. The minimum absolute atomic E-state index is 0.0836. The van der Waals surface area contributed by atoms with E-state index in [4.69, 9.17) is 0 Å². The normalized spacial score (nSPS) is 15.9. The Morgan fingerprint density at radius 3 is 2.66 bits per heavy atom. The zero-order valence-corrected chi connectivity index (χ0v) is 18.6. The molecule has 1 aromatic carbocycles. The topological polar surface area (TPSA) is 113 Å². The highest BCUT2D eigenvalue weighted by Gasteiger charge is 2.35. The highest BCUT2D eigenvalue weighted by molar-refractivity contribution is 6.03. The van der Waals surface area contributed by atoms with Crippen LogP contribution in [0.5, 0.6) is 0 Å². The van der Waals surface area contributed by atoms with Gasteiger partial charge in [-0.3, -0.25) is 19.4 Å². The van der Waals surface area contributed by atoms with E-state index in [9.17, 15) is 14.4 Å². The van der Waals surface area contributed by atoms with Crippen LogP contribution < -0.4 is 15.8 Å². The number of carbonyl (C=O) groups excluding carboxylic acids is 2. The Morgan fingerprint density at radius 1 is 1.16 bits per heavy atom. The predicted molar refractivity (Wildman–Crippen MR) is 121 cm³/mol. The van der Waals surface area contributed by atoms with Crippen LogP contribution in [0, 0.1) is 26.7 Å². The van der Waals surface area contributed by atoms with E-state index in [1.165, 1.54) is 10.7 Å². The fourth-order valence-electron chi connectivity index (χ4n) is 3.78. The smallest absolute Gasteiger partial charge is 0.252 e. The van der Waals surface area contributed by atoms with E-state index in [1.54, 1.807) is 17.9 Å². The molecule has 2 amide bonds. The van der Waals surface area contributed by atoms with Crippen molar-refractivity contribution in [1.29, 1.82) is 0 Å². The summed E-state index contributed by atoms with van der Waals surface area (Å²) in [5, 5.41) is 7.23. The van der Waals surface area contributed by atoms with Gasteiger partial charge in [0.25, 0.3) is 5.56 Å². The Labute approximate surface area is 185 Å². The summed E-state index contributed by atoms with van der Waals surface area (Å²) in [6, 6.07) is 8.99. The van der Waals surface area contributed by atoms with Crippen molar-refractivity contribution in [2.24, 2.45) is 5.92 Å². The van der Waals surface area contributed by atoms with E-state index in [0.29, 0.717) is 30.2 Å². The molecule has 9 nitrogen and oxygen atoms in total. The molecular weight excluding hydrogens is 408 g/mol. The summed E-state index contributed by atoms with van der Waals surface area (Å²) in [5.41, 5.74) is 4.04. The minimum atomic E-state index is -0.498. The van der Waals surface area contributed by atoms with E-state index in [2.05, 4.69) is 20.4 Å². The van der Waals surface area contributed by atoms with Crippen LogP contribution in [0.4, 0.5) is 11.5 Å². The third-order valence-electron chi connectivity index (χ3n) is 5.73. The fraction of sp³-hybridized carbons (Fsp3) is 0.348. The summed E-state index contributed by atoms with van der Waals surface area (Å²) in [6.07, 6.45) is 0.726. The van der Waals surface area contributed by atoms with E-state index in [-0.39, 0.29) is 29.7 Å². The average molecular weight is 435 g/mol. The highest BCUT2D eigenvalue weighted by atomic mass is 16.2. The highest BCUT2D eigenvalue weighted by Crippen LogP contribution is 2.28. The van der Waals surface area contributed by atoms with Crippen LogP contribution in [0.15, 0.2) is 35.1 Å². The first-order chi connectivity index (χ1) is 15.2. The fourth-order valence-corrected chi connectivity index (χ4v) is 3.78. The van der Waals surface area contributed by atoms with Gasteiger partial charge in [-0.05, 0) is 50.5 Å². The van der Waals surface area contributed by atoms with Crippen molar-refractivity contribution in [2.75, 3.05) is 16.8 Å². The third kappa shape index (κ3) is 4.18. The van der Waals surface area contributed by atoms with Crippen LogP contribution in [0.3, 0.4) is 0 Å². The van der Waals surface area contributed by atoms with Crippen molar-refractivity contribution in [3.05, 3.63) is 63.2 Å². The Bertz CT molecular complexity index is 1260. The van der Waals surface area contributed by atoms with Gasteiger partial charge in [-0.2, -0.15) is 9.78 Å². The Kier molecular flexibility index (Phi) is 5.65. The molecule has 2 aromatic heterocycles. The molecule has 32 heavy (non-hydrogen) atoms. The molecule has 1 aliphatic rings. The summed E-state index contributed by atoms with van der Waals surface area (Å²) in [6.45, 7) is 8.01. The Morgan fingerprint density at radius 2 is 1.94 bits per heavy atom. The number of hydrogen-bond acceptors (Lipinski definition) is 5. The molecule has 0 unspecified atom stereocenters. The van der Waals surface area contributed by atoms with Crippen LogP contribution in [0.2, 0.25) is 0 Å². The molecule has 0 saturated carbocycles. The molecule has 1 fully saturated rings. The first-order valence-electron chi connectivity index (χ1n) is 10.6. The lowest BCUT2D eigenvalue weighted by molar-refractivity contribution is -0.122. The maximum atomic E-state index is 13.0. The largest absolute Gasteiger partial charge is 0.312 e. The number of aromatic nitrogens is 4. The molecular formula is C23H26N6O3. The number of benzene rings is 1. The molecule has 0 spiro atoms. The van der Waals surface area contributed by atoms with Gasteiger partial charge >= 0.3 is 0 Å². The number of amides is 2. The van der Waals surface area contributed by atoms with Crippen molar-refractivity contribution in [2.45, 2.75) is 40.5 Å². The second kappa shape index (κ2) is 8.41. The predicted octanol–water partition coefficient (Wildman–Crippen LogP) is 2.43. The average Bonchev–Trinajstić information content (AvgIpc) is 3.32. The third-order valence-corrected chi connectivity index (χ3v) is 5.73. The van der Waals surface area contributed by atoms with Crippen LogP contribution in [-0.2, 0) is 16.0 Å². The number of aryl methyl sites for hydroxylation is 4. The molecule has 1 saturated heterocycles. The summed E-state index contributed by atoms with van der Waals surface area (Å²) in [4.78, 5) is 46.3. The lowest BCUT2D eigenvalue weighted by Crippen LogP contribution is -2.29. The van der Waals surface area contributed by atoms with Gasteiger partial charge in [0, 0.05) is 36.5 Å². The first kappa shape index (κ1) is 21.5. The van der Waals surface area contributed by atoms with E-state index in [0.717, 1.165) is 16.8 Å². The monoisotopic (exact) mass is 434 g/mol. The van der Waals surface area contributed by atoms with Gasteiger partial charge in [-0.25, -0.2) is 4.98 Å². The van der Waals surface area contributed by atoms with Crippen molar-refractivity contribution >= 4 is 23.3 Å². The van der Waals surface area contributed by atoms with Gasteiger partial charge in [0.15, 0.2) is 0 Å². The molecule has 1 aliphatic heterocycles. The molecule has 2 N–H and O–H groups in total. The second-order valence-corrected chi connectivity index (χ2v) is 8.16. The van der Waals surface area contributed by atoms with Gasteiger partial charge in [0.05, 0.1) is 11.6 Å². The molecule has 0 radical (unpaired) electrons. The SMILES string of the molecule is CCc1cc(=O)[nH]c(-n2nc(C)cc2NC(=O)[C@@H]2CC(=O)N(c3ccc(C)c(C)c3)C2)n1. The summed E-state index contributed by atoms with van der Waals surface area (Å²) in [7, 11) is 0. The van der Waals surface area contributed by atoms with Gasteiger partial charge in [-0.1, -0.05) is 13.0 Å². The lowest BCUT2D eigenvalue weighted by Gasteiger charge is -2.18. The molecule has 3 heterocycles. The molecule has 1 atom stereocenters. The number of H-pyrrole nitrogens is 1. The van der Waals surface area contributed by atoms with Crippen molar-refractivity contribution < 1.29 is 9.59 Å². The number of aromatic amines is 1. The summed E-state index contributed by atoms with van der Waals surface area (Å²) in [5.74, 6) is -0.237. The maximum absolute atomic E-state index is 13.0. The molecule has 166 valence electrons. The number of rotatable bonds is 5. The molecule has 0 aliphatic carbocycles. The van der Waals surface area contributed by atoms with Crippen molar-refractivity contribution in [1.82, 2.24) is 19.7 Å². The Hall–Kier alpha value is -3.75. The van der Waals surface area contributed by atoms with E-state index in [1.807, 2.05) is 39.0 Å². The number of carbonyl (C=O) groups is 2. The van der Waals surface area contributed by atoms with E-state index < -0.39 is 5.92 Å². The molecule has 4 rings (SSSR count). The molecule has 3 aromatic rings. The number of nitrogens with one attached hydrogen (secondary N) is 2. The van der Waals surface area contributed by atoms with Crippen molar-refractivity contribution in [3.8, 4) is 5.95 Å². The molecule has 0 bridgehead atoms. The van der Waals surface area contributed by atoms with Gasteiger partial charge in [0.2, 0.25) is 17.8 Å². The van der Waals surface area contributed by atoms with Crippen molar-refractivity contribution in [3.63, 3.8) is 0 Å². The summed E-state index contributed by atoms with van der Waals surface area (Å²) < 4.78 is 1.41. The summed E-state index contributed by atoms with van der Waals surface area (Å²) >= 11 is 0.